The Hall–Kier alpha value is -6.59. The molecule has 5 nitrogen and oxygen atoms in total. The predicted octanol–water partition coefficient (Wildman–Crippen LogP) is 10.8. The van der Waals surface area contributed by atoms with Crippen LogP contribution in [0.5, 0.6) is 0 Å². The first kappa shape index (κ1) is 31.0. The lowest BCUT2D eigenvalue weighted by Crippen LogP contribution is -2.01. The van der Waals surface area contributed by atoms with Crippen LogP contribution in [-0.4, -0.2) is 24.9 Å². The fraction of sp³-hybridized carbons (Fsp3) is 0.0227. The van der Waals surface area contributed by atoms with Gasteiger partial charge in [-0.15, -0.1) is 0 Å². The van der Waals surface area contributed by atoms with Crippen LogP contribution in [0.15, 0.2) is 177 Å². The monoisotopic (exact) mass is 631 g/mol. The van der Waals surface area contributed by atoms with Crippen LogP contribution in [0.1, 0.15) is 12.5 Å². The summed E-state index contributed by atoms with van der Waals surface area (Å²) in [6.45, 7) is 5.91. The summed E-state index contributed by atoms with van der Waals surface area (Å²) in [6.07, 6.45) is 11.4. The number of rotatable bonds is 9. The Balaban J connectivity index is 1.43. The SMILES string of the molecule is C=C/C=C\C=C(/C)c1cc(-c2ccccc2)cc(-c2nc(-c3cccc(-c4ccccn4)c3)nc(-c3cccc(-c4ccccn4)c3)n2)c1. The van der Waals surface area contributed by atoms with E-state index in [0.717, 1.165) is 61.5 Å². The zero-order valence-corrected chi connectivity index (χ0v) is 27.1. The van der Waals surface area contributed by atoms with Crippen LogP contribution in [0.3, 0.4) is 0 Å². The minimum atomic E-state index is 0.578. The van der Waals surface area contributed by atoms with Crippen molar-refractivity contribution in [1.29, 1.82) is 0 Å². The number of allylic oxidation sites excluding steroid dienone is 5. The highest BCUT2D eigenvalue weighted by molar-refractivity contribution is 5.80. The Labute approximate surface area is 286 Å². The maximum Gasteiger partial charge on any atom is 0.164 e. The van der Waals surface area contributed by atoms with Crippen LogP contribution >= 0.6 is 0 Å². The van der Waals surface area contributed by atoms with Crippen molar-refractivity contribution in [2.45, 2.75) is 6.92 Å². The zero-order valence-electron chi connectivity index (χ0n) is 27.1. The fourth-order valence-electron chi connectivity index (χ4n) is 5.62. The number of hydrogen-bond acceptors (Lipinski definition) is 5. The van der Waals surface area contributed by atoms with Crippen LogP contribution < -0.4 is 0 Å². The van der Waals surface area contributed by atoms with Gasteiger partial charge in [-0.1, -0.05) is 110 Å². The molecule has 7 aromatic rings. The van der Waals surface area contributed by atoms with Gasteiger partial charge in [-0.25, -0.2) is 15.0 Å². The summed E-state index contributed by atoms with van der Waals surface area (Å²) in [5.74, 6) is 1.74. The van der Waals surface area contributed by atoms with Gasteiger partial charge < -0.3 is 0 Å². The average Bonchev–Trinajstić information content (AvgIpc) is 3.18. The van der Waals surface area contributed by atoms with E-state index in [9.17, 15) is 0 Å². The van der Waals surface area contributed by atoms with Gasteiger partial charge in [-0.05, 0) is 83.8 Å². The maximum atomic E-state index is 5.12. The topological polar surface area (TPSA) is 64.5 Å². The summed E-state index contributed by atoms with van der Waals surface area (Å²) < 4.78 is 0. The van der Waals surface area contributed by atoms with Crippen molar-refractivity contribution in [2.75, 3.05) is 0 Å². The van der Waals surface area contributed by atoms with Crippen molar-refractivity contribution in [3.8, 4) is 67.8 Å². The van der Waals surface area contributed by atoms with E-state index in [1.54, 1.807) is 18.5 Å². The number of nitrogens with zero attached hydrogens (tertiary/aromatic N) is 5. The molecule has 0 saturated heterocycles. The molecule has 4 aromatic carbocycles. The van der Waals surface area contributed by atoms with Gasteiger partial charge in [0.2, 0.25) is 0 Å². The second-order valence-electron chi connectivity index (χ2n) is 11.5. The van der Waals surface area contributed by atoms with E-state index >= 15 is 0 Å². The molecule has 3 heterocycles. The smallest absolute Gasteiger partial charge is 0.164 e. The molecule has 0 fully saturated rings. The number of aromatic nitrogens is 5. The lowest BCUT2D eigenvalue weighted by molar-refractivity contribution is 1.07. The van der Waals surface area contributed by atoms with Crippen LogP contribution in [0, 0.1) is 0 Å². The third kappa shape index (κ3) is 7.22. The Morgan fingerprint density at radius 1 is 0.469 bits per heavy atom. The van der Waals surface area contributed by atoms with E-state index in [1.807, 2.05) is 78.9 Å². The van der Waals surface area contributed by atoms with E-state index in [1.165, 1.54) is 0 Å². The third-order valence-electron chi connectivity index (χ3n) is 8.15. The average molecular weight is 632 g/mol. The first-order valence-electron chi connectivity index (χ1n) is 16.1. The molecule has 49 heavy (non-hydrogen) atoms. The van der Waals surface area contributed by atoms with Crippen molar-refractivity contribution in [2.24, 2.45) is 0 Å². The Kier molecular flexibility index (Phi) is 9.15. The second kappa shape index (κ2) is 14.4. The highest BCUT2D eigenvalue weighted by Crippen LogP contribution is 2.33. The van der Waals surface area contributed by atoms with Crippen molar-refractivity contribution in [1.82, 2.24) is 24.9 Å². The molecule has 0 atom stereocenters. The van der Waals surface area contributed by atoms with Gasteiger partial charge in [0.25, 0.3) is 0 Å². The summed E-state index contributed by atoms with van der Waals surface area (Å²) >= 11 is 0. The lowest BCUT2D eigenvalue weighted by Gasteiger charge is -2.13. The largest absolute Gasteiger partial charge is 0.256 e. The van der Waals surface area contributed by atoms with Crippen molar-refractivity contribution in [3.63, 3.8) is 0 Å². The molecule has 5 heteroatoms. The van der Waals surface area contributed by atoms with E-state index < -0.39 is 0 Å². The normalized spacial score (nSPS) is 11.5. The number of benzene rings is 4. The Morgan fingerprint density at radius 3 is 1.51 bits per heavy atom. The minimum Gasteiger partial charge on any atom is -0.256 e. The molecule has 7 rings (SSSR count). The van der Waals surface area contributed by atoms with Crippen LogP contribution in [0.4, 0.5) is 0 Å². The zero-order chi connectivity index (χ0) is 33.4. The molecule has 0 unspecified atom stereocenters. The van der Waals surface area contributed by atoms with Gasteiger partial charge in [0.05, 0.1) is 11.4 Å². The molecule has 0 N–H and O–H groups in total. The van der Waals surface area contributed by atoms with Gasteiger partial charge in [-0.3, -0.25) is 9.97 Å². The van der Waals surface area contributed by atoms with Crippen LogP contribution in [0.25, 0.3) is 73.4 Å². The Bertz CT molecular complexity index is 2190. The molecule has 0 aliphatic rings. The maximum absolute atomic E-state index is 5.12. The van der Waals surface area contributed by atoms with Gasteiger partial charge in [0.15, 0.2) is 17.5 Å². The van der Waals surface area contributed by atoms with Crippen molar-refractivity contribution < 1.29 is 0 Å². The molecular formula is C44H33N5. The summed E-state index contributed by atoms with van der Waals surface area (Å²) in [6, 6.07) is 45.1. The first-order valence-corrected chi connectivity index (χ1v) is 16.1. The van der Waals surface area contributed by atoms with Crippen molar-refractivity contribution in [3.05, 3.63) is 182 Å². The number of pyridine rings is 2. The van der Waals surface area contributed by atoms with E-state index in [4.69, 9.17) is 15.0 Å². The molecule has 3 aromatic heterocycles. The molecule has 0 saturated carbocycles. The van der Waals surface area contributed by atoms with Crippen molar-refractivity contribution >= 4 is 5.57 Å². The molecule has 0 bridgehead atoms. The van der Waals surface area contributed by atoms with Gasteiger partial charge in [0.1, 0.15) is 0 Å². The molecule has 0 aliphatic carbocycles. The summed E-state index contributed by atoms with van der Waals surface area (Å²) in [7, 11) is 0. The highest BCUT2D eigenvalue weighted by atomic mass is 15.0. The number of hydrogen-bond donors (Lipinski definition) is 0. The second-order valence-corrected chi connectivity index (χ2v) is 11.5. The van der Waals surface area contributed by atoms with Crippen LogP contribution in [0.2, 0.25) is 0 Å². The molecule has 0 aliphatic heterocycles. The fourth-order valence-corrected chi connectivity index (χ4v) is 5.62. The first-order chi connectivity index (χ1) is 24.1. The van der Waals surface area contributed by atoms with Crippen LogP contribution in [-0.2, 0) is 0 Å². The quantitative estimate of drug-likeness (QED) is 0.148. The highest BCUT2D eigenvalue weighted by Gasteiger charge is 2.16. The molecule has 234 valence electrons. The van der Waals surface area contributed by atoms with Gasteiger partial charge in [0, 0.05) is 40.2 Å². The summed E-state index contributed by atoms with van der Waals surface area (Å²) in [5, 5.41) is 0. The molecule has 0 amide bonds. The molecule has 0 spiro atoms. The molecular weight excluding hydrogens is 599 g/mol. The van der Waals surface area contributed by atoms with Gasteiger partial charge in [-0.2, -0.15) is 0 Å². The summed E-state index contributed by atoms with van der Waals surface area (Å²) in [5.41, 5.74) is 10.7. The third-order valence-corrected chi connectivity index (χ3v) is 8.15. The van der Waals surface area contributed by atoms with E-state index in [-0.39, 0.29) is 0 Å². The Morgan fingerprint density at radius 2 is 0.959 bits per heavy atom. The minimum absolute atomic E-state index is 0.578. The van der Waals surface area contributed by atoms with Gasteiger partial charge >= 0.3 is 0 Å². The van der Waals surface area contributed by atoms with E-state index in [2.05, 4.69) is 96.3 Å². The standard InChI is InChI=1S/C44H33N5/c1-3-4-6-15-31(2)37-28-38(32-16-7-5-8-17-32)30-39(29-37)44-48-42(35-20-13-18-33(26-35)40-22-9-11-24-45-40)47-43(49-44)36-21-14-19-34(27-36)41-23-10-12-25-46-41/h3-30H,1H2,2H3/b6-4-,31-15+. The predicted molar refractivity (Wildman–Crippen MR) is 201 cm³/mol. The molecule has 0 radical (unpaired) electrons. The summed E-state index contributed by atoms with van der Waals surface area (Å²) in [4.78, 5) is 24.5. The lowest BCUT2D eigenvalue weighted by atomic mass is 9.96. The van der Waals surface area contributed by atoms with E-state index in [0.29, 0.717) is 17.5 Å².